The highest BCUT2D eigenvalue weighted by Gasteiger charge is 2.32. The summed E-state index contributed by atoms with van der Waals surface area (Å²) in [5.41, 5.74) is 0.420. The van der Waals surface area contributed by atoms with Gasteiger partial charge in [-0.05, 0) is 37.9 Å². The van der Waals surface area contributed by atoms with Gasteiger partial charge in [-0.25, -0.2) is 5.32 Å². The maximum absolute atomic E-state index is 3.58. The first-order valence-corrected chi connectivity index (χ1v) is 8.52. The summed E-state index contributed by atoms with van der Waals surface area (Å²) in [7, 11) is 8.03. The zero-order valence-corrected chi connectivity index (χ0v) is 12.6. The summed E-state index contributed by atoms with van der Waals surface area (Å²) in [6.07, 6.45) is 1.27. The van der Waals surface area contributed by atoms with E-state index < -0.39 is 0 Å². The Labute approximate surface area is 112 Å². The molecule has 0 spiro atoms. The van der Waals surface area contributed by atoms with Crippen LogP contribution in [0.5, 0.6) is 0 Å². The van der Waals surface area contributed by atoms with Crippen LogP contribution in [0.25, 0.3) is 0 Å². The Morgan fingerprint density at radius 1 is 1.41 bits per heavy atom. The van der Waals surface area contributed by atoms with Crippen LogP contribution in [0, 0.1) is 0 Å². The average Bonchev–Trinajstić information content (AvgIpc) is 2.80. The van der Waals surface area contributed by atoms with Gasteiger partial charge < -0.3 is 0 Å². The number of nitrogens with one attached hydrogen (secondary N) is 1. The van der Waals surface area contributed by atoms with Crippen molar-refractivity contribution in [1.82, 2.24) is 15.1 Å². The maximum atomic E-state index is 3.58. The van der Waals surface area contributed by atoms with Gasteiger partial charge in [-0.15, -0.1) is 0 Å². The normalized spacial score (nSPS) is 26.7. The lowest BCUT2D eigenvalue weighted by molar-refractivity contribution is -0.539. The van der Waals surface area contributed by atoms with Gasteiger partial charge in [0.25, 0.3) is 0 Å². The van der Waals surface area contributed by atoms with E-state index in [1.54, 1.807) is 0 Å². The summed E-state index contributed by atoms with van der Waals surface area (Å²) in [5, 5.41) is 4.93. The Morgan fingerprint density at radius 2 is 2.12 bits per heavy atom. The van der Waals surface area contributed by atoms with Crippen molar-refractivity contribution < 1.29 is 4.58 Å². The molecule has 2 rings (SSSR count). The van der Waals surface area contributed by atoms with Crippen LogP contribution >= 0.6 is 21.6 Å². The third-order valence-electron chi connectivity index (χ3n) is 3.13. The summed E-state index contributed by atoms with van der Waals surface area (Å²) in [6.45, 7) is 8.24. The van der Waals surface area contributed by atoms with Gasteiger partial charge in [0.15, 0.2) is 0 Å². The molecule has 2 fully saturated rings. The van der Waals surface area contributed by atoms with Gasteiger partial charge in [0.05, 0.1) is 13.1 Å². The van der Waals surface area contributed by atoms with Crippen molar-refractivity contribution in [3.63, 3.8) is 0 Å². The maximum Gasteiger partial charge on any atom is 0.319 e. The first-order chi connectivity index (χ1) is 8.20. The summed E-state index contributed by atoms with van der Waals surface area (Å²) < 4.78 is 2.49. The van der Waals surface area contributed by atoms with Gasteiger partial charge in [-0.2, -0.15) is 0 Å². The second-order valence-electron chi connectivity index (χ2n) is 4.77. The monoisotopic (exact) mass is 275 g/mol. The summed E-state index contributed by atoms with van der Waals surface area (Å²) in [6, 6.07) is 0. The first kappa shape index (κ1) is 13.5. The number of rotatable bonds is 3. The van der Waals surface area contributed by atoms with Crippen molar-refractivity contribution in [2.45, 2.75) is 18.8 Å². The molecular formula is C11H23N4S2+. The van der Waals surface area contributed by atoms with E-state index in [1.807, 2.05) is 21.6 Å². The molecule has 0 aliphatic carbocycles. The molecule has 2 saturated heterocycles. The Balaban J connectivity index is 1.87. The van der Waals surface area contributed by atoms with Crippen LogP contribution in [-0.4, -0.2) is 71.9 Å². The summed E-state index contributed by atoms with van der Waals surface area (Å²) in [4.78, 5) is 4.78. The van der Waals surface area contributed by atoms with E-state index in [1.165, 1.54) is 31.2 Å². The molecule has 6 heteroatoms. The highest BCUT2D eigenvalue weighted by Crippen LogP contribution is 2.33. The largest absolute Gasteiger partial charge is 0.319 e. The van der Waals surface area contributed by atoms with E-state index in [0.29, 0.717) is 5.50 Å². The summed E-state index contributed by atoms with van der Waals surface area (Å²) >= 11 is 0. The number of hydrogen-bond acceptors (Lipinski definition) is 4. The van der Waals surface area contributed by atoms with Gasteiger partial charge in [-0.3, -0.25) is 14.4 Å². The van der Waals surface area contributed by atoms with Crippen LogP contribution in [-0.2, 0) is 0 Å². The third kappa shape index (κ3) is 3.53. The molecule has 1 atom stereocenters. The Morgan fingerprint density at radius 3 is 2.65 bits per heavy atom. The molecular weight excluding hydrogens is 252 g/mol. The van der Waals surface area contributed by atoms with E-state index in [0.717, 1.165) is 13.1 Å². The van der Waals surface area contributed by atoms with Crippen LogP contribution in [0.2, 0.25) is 0 Å². The standard InChI is InChI=1S/C11H22N4S2/c1-4-5-14-6-8-15(9-7-14)11-12-10(13(2)3)16-17-11/h10H,4-9H2,1-3H3/p+1. The number of nitrogens with zero attached hydrogens (tertiary/aromatic N) is 3. The molecule has 2 heterocycles. The molecule has 0 aromatic rings. The molecule has 0 saturated carbocycles. The number of amidine groups is 1. The van der Waals surface area contributed by atoms with Gasteiger partial charge in [0.2, 0.25) is 5.50 Å². The van der Waals surface area contributed by atoms with Gasteiger partial charge in [0, 0.05) is 23.9 Å². The van der Waals surface area contributed by atoms with Crippen LogP contribution < -0.4 is 5.32 Å². The van der Waals surface area contributed by atoms with E-state index >= 15 is 0 Å². The highest BCUT2D eigenvalue weighted by atomic mass is 33.1. The van der Waals surface area contributed by atoms with Crippen molar-refractivity contribution >= 4 is 26.8 Å². The minimum absolute atomic E-state index is 0.420. The zero-order chi connectivity index (χ0) is 12.3. The lowest BCUT2D eigenvalue weighted by Gasteiger charge is -2.27. The van der Waals surface area contributed by atoms with E-state index in [4.69, 9.17) is 0 Å². The highest BCUT2D eigenvalue weighted by molar-refractivity contribution is 8.83. The predicted octanol–water partition coefficient (Wildman–Crippen LogP) is 0.910. The molecule has 1 unspecified atom stereocenters. The molecule has 2 aliphatic rings. The quantitative estimate of drug-likeness (QED) is 0.609. The summed E-state index contributed by atoms with van der Waals surface area (Å²) in [5.74, 6) is 0. The molecule has 0 aromatic carbocycles. The van der Waals surface area contributed by atoms with Crippen LogP contribution in [0.1, 0.15) is 13.3 Å². The molecule has 17 heavy (non-hydrogen) atoms. The van der Waals surface area contributed by atoms with Gasteiger partial charge in [0.1, 0.15) is 0 Å². The minimum atomic E-state index is 0.420. The Kier molecular flexibility index (Phi) is 5.02. The van der Waals surface area contributed by atoms with Gasteiger partial charge in [-0.1, -0.05) is 6.92 Å². The van der Waals surface area contributed by atoms with Crippen LogP contribution in [0.3, 0.4) is 0 Å². The number of hydrogen-bond donors (Lipinski definition) is 1. The smallest absolute Gasteiger partial charge is 0.296 e. The van der Waals surface area contributed by atoms with Crippen molar-refractivity contribution in [2.24, 2.45) is 0 Å². The van der Waals surface area contributed by atoms with E-state index in [9.17, 15) is 0 Å². The first-order valence-electron chi connectivity index (χ1n) is 6.31. The molecule has 0 radical (unpaired) electrons. The molecule has 0 bridgehead atoms. The van der Waals surface area contributed by atoms with Crippen molar-refractivity contribution in [1.29, 1.82) is 0 Å². The van der Waals surface area contributed by atoms with E-state index in [-0.39, 0.29) is 0 Å². The van der Waals surface area contributed by atoms with Crippen molar-refractivity contribution in [3.8, 4) is 0 Å². The van der Waals surface area contributed by atoms with E-state index in [2.05, 4.69) is 40.7 Å². The third-order valence-corrected chi connectivity index (χ3v) is 5.79. The van der Waals surface area contributed by atoms with Crippen LogP contribution in [0.15, 0.2) is 0 Å². The van der Waals surface area contributed by atoms with Crippen molar-refractivity contribution in [3.05, 3.63) is 0 Å². The molecule has 2 aliphatic heterocycles. The lowest BCUT2D eigenvalue weighted by atomic mass is 10.3. The minimum Gasteiger partial charge on any atom is -0.296 e. The molecule has 0 aromatic heterocycles. The Bertz CT molecular complexity index is 283. The second kappa shape index (κ2) is 6.31. The number of piperazine rings is 1. The second-order valence-corrected chi connectivity index (χ2v) is 7.04. The fourth-order valence-corrected chi connectivity index (χ4v) is 4.80. The topological polar surface area (TPSA) is 21.5 Å². The van der Waals surface area contributed by atoms with Crippen LogP contribution in [0.4, 0.5) is 0 Å². The molecule has 98 valence electrons. The zero-order valence-electron chi connectivity index (χ0n) is 11.0. The lowest BCUT2D eigenvalue weighted by Crippen LogP contribution is -2.47. The molecule has 4 nitrogen and oxygen atoms in total. The van der Waals surface area contributed by atoms with Crippen molar-refractivity contribution in [2.75, 3.05) is 46.8 Å². The fraction of sp³-hybridized carbons (Fsp3) is 0.909. The SMILES string of the molecule is CCCN1CC[N+](=C2NC(N(C)C)SS2)CC1. The van der Waals surface area contributed by atoms with Gasteiger partial charge >= 0.3 is 5.17 Å². The average molecular weight is 275 g/mol. The fourth-order valence-electron chi connectivity index (χ4n) is 2.09. The Hall–Kier alpha value is 0.0900. The predicted molar refractivity (Wildman–Crippen MR) is 77.5 cm³/mol. The molecule has 0 amide bonds. The molecule has 1 N–H and O–H groups in total.